The summed E-state index contributed by atoms with van der Waals surface area (Å²) < 4.78 is 52.4. The molecule has 0 aromatic carbocycles. The van der Waals surface area contributed by atoms with Gasteiger partial charge in [0.15, 0.2) is 5.78 Å². The molecule has 386 valence electrons. The van der Waals surface area contributed by atoms with Crippen molar-refractivity contribution < 1.29 is 61.9 Å². The molecule has 1 amide bonds. The second-order valence-corrected chi connectivity index (χ2v) is 22.6. The molecule has 3 heterocycles. The maximum Gasteiger partial charge on any atom is 0.329 e. The number of carbonyl (C=O) groups is 4. The van der Waals surface area contributed by atoms with E-state index in [2.05, 4.69) is 4.72 Å². The molecule has 0 spiro atoms. The van der Waals surface area contributed by atoms with E-state index in [1.54, 1.807) is 46.1 Å². The molecule has 0 aromatic heterocycles. The highest BCUT2D eigenvalue weighted by atomic mass is 32.2. The van der Waals surface area contributed by atoms with Crippen molar-refractivity contribution in [3.8, 4) is 0 Å². The number of aliphatic hydroxyl groups excluding tert-OH is 2. The highest BCUT2D eigenvalue weighted by Gasteiger charge is 2.53. The molecule has 4 rings (SSSR count). The summed E-state index contributed by atoms with van der Waals surface area (Å²) in [5.41, 5.74) is 1.23. The van der Waals surface area contributed by atoms with Crippen molar-refractivity contribution in [2.75, 3.05) is 26.5 Å². The molecule has 0 aromatic rings. The Bertz CT molecular complexity index is 1930. The first kappa shape index (κ1) is 57.5. The number of allylic oxidation sites excluding steroid dienone is 6. The Labute approximate surface area is 406 Å². The van der Waals surface area contributed by atoms with Crippen molar-refractivity contribution in [3.05, 3.63) is 47.6 Å². The molecule has 3 aliphatic heterocycles. The van der Waals surface area contributed by atoms with E-state index in [0.29, 0.717) is 75.4 Å². The average molecular weight is 977 g/mol. The minimum absolute atomic E-state index is 0.00868. The smallest absolute Gasteiger partial charge is 0.329 e. The fourth-order valence-electron chi connectivity index (χ4n) is 10.5. The van der Waals surface area contributed by atoms with E-state index in [1.807, 2.05) is 45.9 Å². The Morgan fingerprint density at radius 3 is 2.26 bits per heavy atom. The van der Waals surface area contributed by atoms with E-state index >= 15 is 0 Å². The van der Waals surface area contributed by atoms with Gasteiger partial charge in [-0.05, 0) is 133 Å². The summed E-state index contributed by atoms with van der Waals surface area (Å²) in [5, 5.41) is 34.0. The molecule has 15 atom stereocenters. The number of carbonyl (C=O) groups excluding carboxylic acids is 4. The summed E-state index contributed by atoms with van der Waals surface area (Å²) >= 11 is 0. The summed E-state index contributed by atoms with van der Waals surface area (Å²) in [6.07, 6.45) is 13.0. The topological polar surface area (TPSA) is 215 Å². The molecule has 15 nitrogen and oxygen atoms in total. The number of sulfonamides is 1. The minimum Gasteiger partial charge on any atom is -0.461 e. The van der Waals surface area contributed by atoms with Crippen LogP contribution >= 0.6 is 0 Å². The number of nitrogens with one attached hydrogen (secondary N) is 1. The predicted molar refractivity (Wildman–Crippen MR) is 260 cm³/mol. The van der Waals surface area contributed by atoms with Gasteiger partial charge in [-0.1, -0.05) is 76.6 Å². The maximum atomic E-state index is 14.4. The van der Waals surface area contributed by atoms with Gasteiger partial charge in [-0.3, -0.25) is 14.4 Å². The Morgan fingerprint density at radius 1 is 0.868 bits per heavy atom. The summed E-state index contributed by atoms with van der Waals surface area (Å²) in [7, 11) is -0.702. The molecule has 2 saturated heterocycles. The fraction of sp³-hybridized carbons (Fsp3) is 0.769. The van der Waals surface area contributed by atoms with Crippen molar-refractivity contribution in [2.24, 2.45) is 35.5 Å². The molecule has 3 fully saturated rings. The number of cyclic esters (lactones) is 1. The van der Waals surface area contributed by atoms with Crippen LogP contribution in [0.4, 0.5) is 0 Å². The van der Waals surface area contributed by atoms with Crippen LogP contribution < -0.4 is 4.72 Å². The van der Waals surface area contributed by atoms with Gasteiger partial charge >= 0.3 is 5.97 Å². The van der Waals surface area contributed by atoms with Gasteiger partial charge in [0.25, 0.3) is 11.7 Å². The largest absolute Gasteiger partial charge is 0.461 e. The van der Waals surface area contributed by atoms with Crippen LogP contribution in [-0.4, -0.2) is 133 Å². The number of methoxy groups -OCH3 is 2. The lowest BCUT2D eigenvalue weighted by Gasteiger charge is -2.43. The zero-order valence-electron chi connectivity index (χ0n) is 42.4. The van der Waals surface area contributed by atoms with Crippen molar-refractivity contribution in [2.45, 2.75) is 193 Å². The number of ether oxygens (including phenoxy) is 4. The highest BCUT2D eigenvalue weighted by Crippen LogP contribution is 2.38. The molecule has 2 bridgehead atoms. The van der Waals surface area contributed by atoms with E-state index in [4.69, 9.17) is 18.9 Å². The normalized spacial score (nSPS) is 38.1. The number of amides is 1. The summed E-state index contributed by atoms with van der Waals surface area (Å²) in [6, 6.07) is -1.85. The molecule has 4 N–H and O–H groups in total. The number of fused-ring (bicyclic) bond motifs is 3. The predicted octanol–water partition coefficient (Wildman–Crippen LogP) is 6.29. The van der Waals surface area contributed by atoms with Crippen LogP contribution in [-0.2, 0) is 48.1 Å². The molecule has 4 aliphatic rings. The summed E-state index contributed by atoms with van der Waals surface area (Å²) in [5.74, 6) is -7.01. The van der Waals surface area contributed by atoms with Gasteiger partial charge < -0.3 is 39.2 Å². The first-order chi connectivity index (χ1) is 32.0. The van der Waals surface area contributed by atoms with Gasteiger partial charge in [-0.2, -0.15) is 0 Å². The van der Waals surface area contributed by atoms with Crippen molar-refractivity contribution >= 4 is 33.5 Å². The Hall–Kier alpha value is -3.09. The van der Waals surface area contributed by atoms with Crippen molar-refractivity contribution in [1.29, 1.82) is 0 Å². The van der Waals surface area contributed by atoms with Gasteiger partial charge in [0.1, 0.15) is 24.4 Å². The van der Waals surface area contributed by atoms with Crippen LogP contribution in [0.1, 0.15) is 139 Å². The molecular formula is C52H84N2O13S. The second-order valence-electron chi connectivity index (χ2n) is 20.5. The molecule has 68 heavy (non-hydrogen) atoms. The quantitative estimate of drug-likeness (QED) is 0.120. The van der Waals surface area contributed by atoms with Gasteiger partial charge in [0.05, 0.1) is 24.1 Å². The lowest BCUT2D eigenvalue weighted by Crippen LogP contribution is -2.61. The van der Waals surface area contributed by atoms with Gasteiger partial charge in [0, 0.05) is 38.6 Å². The van der Waals surface area contributed by atoms with E-state index < -0.39 is 87.9 Å². The minimum atomic E-state index is -3.71. The van der Waals surface area contributed by atoms with E-state index in [9.17, 15) is 42.9 Å². The lowest BCUT2D eigenvalue weighted by molar-refractivity contribution is -0.264. The molecule has 16 heteroatoms. The third-order valence-corrected chi connectivity index (χ3v) is 16.4. The third kappa shape index (κ3) is 15.7. The number of aliphatic hydroxyl groups is 3. The van der Waals surface area contributed by atoms with Crippen LogP contribution in [0.2, 0.25) is 0 Å². The fourth-order valence-corrected chi connectivity index (χ4v) is 11.4. The van der Waals surface area contributed by atoms with E-state index in [-0.39, 0.29) is 60.7 Å². The first-order valence-corrected chi connectivity index (χ1v) is 26.8. The zero-order valence-corrected chi connectivity index (χ0v) is 43.2. The average Bonchev–Trinajstić information content (AvgIpc) is 3.30. The Morgan fingerprint density at radius 2 is 1.59 bits per heavy atom. The maximum absolute atomic E-state index is 14.4. The Kier molecular flexibility index (Phi) is 22.3. The number of piperidine rings is 1. The summed E-state index contributed by atoms with van der Waals surface area (Å²) in [6.45, 7) is 14.7. The molecular weight excluding hydrogens is 893 g/mol. The van der Waals surface area contributed by atoms with E-state index in [1.165, 1.54) is 18.9 Å². The number of Topliss-reactive ketones (excluding diaryl/α,β-unsaturated/α-hetero) is 2. The zero-order chi connectivity index (χ0) is 50.5. The van der Waals surface area contributed by atoms with Crippen LogP contribution in [0.15, 0.2) is 47.6 Å². The monoisotopic (exact) mass is 977 g/mol. The first-order valence-electron chi connectivity index (χ1n) is 25.2. The standard InChI is InChI=1S/C52H84N2O13S/c1-11-68(62,63)53-41-31-40-23-21-38(8)52(61,67-40)49(58)50(59)54-26-16-15-19-42(54)51(60)66-44(35(5)29-39-22-24-43(55)45(30-39)64-9)25-20-33(3)28-37(7)47(57)48(65-10)46(56)36(6)27-32(2)17-13-12-14-18-34(41)4/h12-14,17-18,28,32-33,35-36,38-45,47-48,53,55,57,61H,11,15-16,19-27,29-31H2,1-10H3/b14-12?,17-13+,34-18?,37-28+/t32-,33+,35-,36-,38-,39+,40+,41-,42+,43-,44+,45-,47-,48+,52-/m1/s1. The second kappa shape index (κ2) is 26.4. The molecule has 0 radical (unpaired) electrons. The van der Waals surface area contributed by atoms with Crippen LogP contribution in [0.25, 0.3) is 0 Å². The van der Waals surface area contributed by atoms with Crippen LogP contribution in [0, 0.1) is 35.5 Å². The Balaban J connectivity index is 1.71. The lowest BCUT2D eigenvalue weighted by atomic mass is 9.78. The number of hydrogen-bond acceptors (Lipinski definition) is 13. The highest BCUT2D eigenvalue weighted by molar-refractivity contribution is 7.89. The molecule has 1 saturated carbocycles. The molecule has 1 aliphatic carbocycles. The summed E-state index contributed by atoms with van der Waals surface area (Å²) in [4.78, 5) is 58.0. The van der Waals surface area contributed by atoms with Crippen LogP contribution in [0.5, 0.6) is 0 Å². The number of rotatable bonds is 8. The van der Waals surface area contributed by atoms with Crippen molar-refractivity contribution in [1.82, 2.24) is 9.62 Å². The van der Waals surface area contributed by atoms with Gasteiger partial charge in [-0.25, -0.2) is 17.9 Å². The van der Waals surface area contributed by atoms with Crippen LogP contribution in [0.3, 0.4) is 0 Å². The number of nitrogens with zero attached hydrogens (tertiary/aromatic N) is 1. The van der Waals surface area contributed by atoms with Crippen molar-refractivity contribution in [3.63, 3.8) is 0 Å². The molecule has 0 unspecified atom stereocenters. The van der Waals surface area contributed by atoms with Gasteiger partial charge in [-0.15, -0.1) is 0 Å². The number of ketones is 2. The number of esters is 1. The van der Waals surface area contributed by atoms with E-state index in [0.717, 1.165) is 6.42 Å². The number of hydrogen-bond donors (Lipinski definition) is 4. The SMILES string of the molecule is CCS(=O)(=O)N[C@@H]1C[C@@H]2CC[C@@H](C)[C@@](O)(O2)C(=O)C(=O)N2CCCC[C@H]2C(=O)O[C@H]([C@H](C)C[C@@H]2CC[C@@H](O)[C@H](OC)C2)CC[C@H](C)/C=C(\C)[C@@H](O)[C@@H](OC)C(=O)[C@H](C)C[C@H](C)/C=C/C=CC=C1C. The van der Waals surface area contributed by atoms with Gasteiger partial charge in [0.2, 0.25) is 15.8 Å². The third-order valence-electron chi connectivity index (χ3n) is 15.0.